The van der Waals surface area contributed by atoms with E-state index in [1.807, 2.05) is 6.92 Å². The number of aliphatic imine (C=N–C) groups is 1. The summed E-state index contributed by atoms with van der Waals surface area (Å²) < 4.78 is 13.8. The van der Waals surface area contributed by atoms with Crippen molar-refractivity contribution in [1.82, 2.24) is 15.1 Å². The van der Waals surface area contributed by atoms with E-state index in [9.17, 15) is 9.50 Å². The van der Waals surface area contributed by atoms with Gasteiger partial charge in [0, 0.05) is 49.7 Å². The van der Waals surface area contributed by atoms with Crippen LogP contribution in [0.1, 0.15) is 23.5 Å². The highest BCUT2D eigenvalue weighted by atomic mass is 127. The molecule has 0 bridgehead atoms. The van der Waals surface area contributed by atoms with E-state index in [1.165, 1.54) is 10.9 Å². The molecule has 0 spiro atoms. The number of benzene rings is 1. The third-order valence-corrected chi connectivity index (χ3v) is 5.51. The highest BCUT2D eigenvalue weighted by molar-refractivity contribution is 14.0. The second-order valence-corrected chi connectivity index (χ2v) is 7.61. The zero-order valence-corrected chi connectivity index (χ0v) is 19.2. The minimum atomic E-state index is -0.944. The summed E-state index contributed by atoms with van der Waals surface area (Å²) in [6.45, 7) is 7.61. The lowest BCUT2D eigenvalue weighted by atomic mass is 10.1. The molecule has 1 aromatic carbocycles. The quantitative estimate of drug-likeness (QED) is 0.350. The van der Waals surface area contributed by atoms with Crippen molar-refractivity contribution in [2.24, 2.45) is 4.99 Å². The summed E-state index contributed by atoms with van der Waals surface area (Å²) in [6.07, 6.45) is -0.944. The van der Waals surface area contributed by atoms with Crippen molar-refractivity contribution in [1.29, 1.82) is 0 Å². The Balaban J connectivity index is 0.00000280. The Kier molecular flexibility index (Phi) is 9.63. The van der Waals surface area contributed by atoms with Crippen LogP contribution >= 0.6 is 35.3 Å². The number of rotatable bonds is 6. The number of thiophene rings is 1. The molecule has 1 saturated heterocycles. The SMILES string of the molecule is CCNC(=NCC(O)c1ccccc1F)N1CCN(Cc2cccs2)CC1.I. The van der Waals surface area contributed by atoms with Crippen molar-refractivity contribution < 1.29 is 9.50 Å². The molecular weight excluding hydrogens is 490 g/mol. The minimum Gasteiger partial charge on any atom is -0.386 e. The molecule has 5 nitrogen and oxygen atoms in total. The lowest BCUT2D eigenvalue weighted by Crippen LogP contribution is -2.52. The fraction of sp³-hybridized carbons (Fsp3) is 0.450. The number of nitrogens with zero attached hydrogens (tertiary/aromatic N) is 3. The maximum atomic E-state index is 13.8. The number of piperazine rings is 1. The molecule has 0 saturated carbocycles. The molecule has 2 aromatic rings. The van der Waals surface area contributed by atoms with E-state index >= 15 is 0 Å². The molecule has 1 fully saturated rings. The Labute approximate surface area is 187 Å². The van der Waals surface area contributed by atoms with Crippen LogP contribution in [0.25, 0.3) is 0 Å². The smallest absolute Gasteiger partial charge is 0.194 e. The number of guanidine groups is 1. The monoisotopic (exact) mass is 518 g/mol. The van der Waals surface area contributed by atoms with E-state index in [2.05, 4.69) is 37.6 Å². The van der Waals surface area contributed by atoms with E-state index in [0.29, 0.717) is 0 Å². The molecule has 2 N–H and O–H groups in total. The van der Waals surface area contributed by atoms with Gasteiger partial charge in [0.15, 0.2) is 5.96 Å². The van der Waals surface area contributed by atoms with Crippen LogP contribution in [-0.2, 0) is 6.54 Å². The highest BCUT2D eigenvalue weighted by Crippen LogP contribution is 2.17. The standard InChI is InChI=1S/C20H27FN4OS.HI/c1-2-22-20(23-14-19(26)17-7-3-4-8-18(17)21)25-11-9-24(10-12-25)15-16-6-5-13-27-16;/h3-8,13,19,26H,2,9-12,14-15H2,1H3,(H,22,23);1H. The van der Waals surface area contributed by atoms with Gasteiger partial charge < -0.3 is 15.3 Å². The van der Waals surface area contributed by atoms with Gasteiger partial charge in [-0.05, 0) is 24.4 Å². The second kappa shape index (κ2) is 11.7. The van der Waals surface area contributed by atoms with Gasteiger partial charge in [-0.15, -0.1) is 35.3 Å². The maximum Gasteiger partial charge on any atom is 0.194 e. The van der Waals surface area contributed by atoms with E-state index in [4.69, 9.17) is 0 Å². The first-order valence-corrected chi connectivity index (χ1v) is 10.3. The van der Waals surface area contributed by atoms with Crippen molar-refractivity contribution >= 4 is 41.3 Å². The zero-order chi connectivity index (χ0) is 19.1. The topological polar surface area (TPSA) is 51.1 Å². The zero-order valence-electron chi connectivity index (χ0n) is 16.1. The van der Waals surface area contributed by atoms with E-state index in [1.54, 1.807) is 29.5 Å². The van der Waals surface area contributed by atoms with Gasteiger partial charge in [0.05, 0.1) is 6.54 Å². The Bertz CT molecular complexity index is 736. The van der Waals surface area contributed by atoms with Crippen molar-refractivity contribution in [3.05, 3.63) is 58.0 Å². The average molecular weight is 518 g/mol. The summed E-state index contributed by atoms with van der Waals surface area (Å²) in [4.78, 5) is 10.6. The van der Waals surface area contributed by atoms with Crippen molar-refractivity contribution in [2.45, 2.75) is 19.6 Å². The molecule has 0 radical (unpaired) electrons. The molecule has 0 amide bonds. The minimum absolute atomic E-state index is 0. The van der Waals surface area contributed by atoms with Crippen LogP contribution in [0.15, 0.2) is 46.8 Å². The predicted octanol–water partition coefficient (Wildman–Crippen LogP) is 3.32. The van der Waals surface area contributed by atoms with Gasteiger partial charge >= 0.3 is 0 Å². The van der Waals surface area contributed by atoms with Gasteiger partial charge in [0.2, 0.25) is 0 Å². The van der Waals surface area contributed by atoms with Gasteiger partial charge in [0.1, 0.15) is 11.9 Å². The molecule has 1 aromatic heterocycles. The molecule has 8 heteroatoms. The first-order valence-electron chi connectivity index (χ1n) is 9.38. The van der Waals surface area contributed by atoms with Gasteiger partial charge in [0.25, 0.3) is 0 Å². The van der Waals surface area contributed by atoms with Crippen LogP contribution in [0.2, 0.25) is 0 Å². The van der Waals surface area contributed by atoms with Crippen LogP contribution in [0.4, 0.5) is 4.39 Å². The molecule has 1 aliphatic heterocycles. The average Bonchev–Trinajstić information content (AvgIpc) is 3.19. The van der Waals surface area contributed by atoms with Crippen LogP contribution < -0.4 is 5.32 Å². The van der Waals surface area contributed by atoms with Gasteiger partial charge in [-0.1, -0.05) is 24.3 Å². The lowest BCUT2D eigenvalue weighted by Gasteiger charge is -2.36. The highest BCUT2D eigenvalue weighted by Gasteiger charge is 2.20. The summed E-state index contributed by atoms with van der Waals surface area (Å²) in [7, 11) is 0. The molecule has 1 atom stereocenters. The van der Waals surface area contributed by atoms with Crippen molar-refractivity contribution in [3.63, 3.8) is 0 Å². The summed E-state index contributed by atoms with van der Waals surface area (Å²) in [6, 6.07) is 10.6. The first kappa shape index (κ1) is 23.1. The number of hydrogen-bond acceptors (Lipinski definition) is 4. The van der Waals surface area contributed by atoms with Gasteiger partial charge in [-0.3, -0.25) is 9.89 Å². The molecule has 154 valence electrons. The Hall–Kier alpha value is -1.23. The van der Waals surface area contributed by atoms with Gasteiger partial charge in [-0.25, -0.2) is 4.39 Å². The van der Waals surface area contributed by atoms with Crippen LogP contribution in [-0.4, -0.2) is 60.1 Å². The summed E-state index contributed by atoms with van der Waals surface area (Å²) >= 11 is 1.79. The third kappa shape index (κ3) is 6.40. The van der Waals surface area contributed by atoms with Crippen LogP contribution in [0.5, 0.6) is 0 Å². The van der Waals surface area contributed by atoms with E-state index < -0.39 is 11.9 Å². The van der Waals surface area contributed by atoms with E-state index in [-0.39, 0.29) is 36.1 Å². The molecule has 28 heavy (non-hydrogen) atoms. The van der Waals surface area contributed by atoms with Crippen LogP contribution in [0.3, 0.4) is 0 Å². The molecule has 1 aliphatic rings. The number of aliphatic hydroxyl groups is 1. The Morgan fingerprint density at radius 2 is 1.96 bits per heavy atom. The third-order valence-electron chi connectivity index (χ3n) is 4.64. The fourth-order valence-corrected chi connectivity index (χ4v) is 3.93. The summed E-state index contributed by atoms with van der Waals surface area (Å²) in [5.74, 6) is 0.385. The van der Waals surface area contributed by atoms with Crippen molar-refractivity contribution in [3.8, 4) is 0 Å². The molecule has 0 aliphatic carbocycles. The fourth-order valence-electron chi connectivity index (χ4n) is 3.18. The molecular formula is C20H28FIN4OS. The van der Waals surface area contributed by atoms with E-state index in [0.717, 1.165) is 45.2 Å². The number of halogens is 2. The van der Waals surface area contributed by atoms with Gasteiger partial charge in [-0.2, -0.15) is 0 Å². The number of aliphatic hydroxyl groups excluding tert-OH is 1. The predicted molar refractivity (Wildman–Crippen MR) is 124 cm³/mol. The number of nitrogens with one attached hydrogen (secondary N) is 1. The first-order chi connectivity index (χ1) is 13.2. The normalized spacial score (nSPS) is 16.5. The molecule has 1 unspecified atom stereocenters. The Morgan fingerprint density at radius 3 is 2.61 bits per heavy atom. The number of hydrogen-bond donors (Lipinski definition) is 2. The maximum absolute atomic E-state index is 13.8. The lowest BCUT2D eigenvalue weighted by molar-refractivity contribution is 0.169. The van der Waals surface area contributed by atoms with Crippen LogP contribution in [0, 0.1) is 5.82 Å². The molecule has 3 rings (SSSR count). The summed E-state index contributed by atoms with van der Waals surface area (Å²) in [5, 5.41) is 15.7. The molecule has 2 heterocycles. The Morgan fingerprint density at radius 1 is 1.21 bits per heavy atom. The van der Waals surface area contributed by atoms with Crippen molar-refractivity contribution in [2.75, 3.05) is 39.3 Å². The summed E-state index contributed by atoms with van der Waals surface area (Å²) in [5.41, 5.74) is 0.290. The largest absolute Gasteiger partial charge is 0.386 e. The second-order valence-electron chi connectivity index (χ2n) is 6.57.